The van der Waals surface area contributed by atoms with Gasteiger partial charge in [-0.05, 0) is 54.4 Å². The number of ether oxygens (including phenoxy) is 1. The van der Waals surface area contributed by atoms with E-state index in [0.29, 0.717) is 17.2 Å². The second kappa shape index (κ2) is 10.2. The molecule has 0 spiro atoms. The molecular weight excluding hydrogens is 380 g/mol. The zero-order chi connectivity index (χ0) is 21.3. The summed E-state index contributed by atoms with van der Waals surface area (Å²) in [6, 6.07) is 18.8. The summed E-state index contributed by atoms with van der Waals surface area (Å²) in [4.78, 5) is 26.2. The number of nitrogens with one attached hydrogen (secondary N) is 2. The van der Waals surface area contributed by atoms with Crippen molar-refractivity contribution in [3.63, 3.8) is 0 Å². The standard InChI is InChI=1S/C23H24N4O3/c1-16(28)27-20-7-2-18(3-8-20)14-25-13-12-17-4-9-21(10-5-17)30-22-11-6-19(15-26-22)23(24)29/h2-11,15,25H,12-14H2,1H3,(H2,24,29)(H,27,28). The lowest BCUT2D eigenvalue weighted by atomic mass is 10.1. The fourth-order valence-corrected chi connectivity index (χ4v) is 2.81. The smallest absolute Gasteiger partial charge is 0.250 e. The van der Waals surface area contributed by atoms with Crippen molar-refractivity contribution in [1.29, 1.82) is 0 Å². The molecule has 4 N–H and O–H groups in total. The second-order valence-corrected chi connectivity index (χ2v) is 6.80. The van der Waals surface area contributed by atoms with Crippen LogP contribution in [0.1, 0.15) is 28.4 Å². The van der Waals surface area contributed by atoms with Gasteiger partial charge in [-0.2, -0.15) is 0 Å². The molecule has 2 aromatic carbocycles. The molecule has 0 bridgehead atoms. The van der Waals surface area contributed by atoms with E-state index in [0.717, 1.165) is 30.8 Å². The van der Waals surface area contributed by atoms with Crippen LogP contribution in [0, 0.1) is 0 Å². The van der Waals surface area contributed by atoms with Crippen LogP contribution in [0.4, 0.5) is 5.69 Å². The Morgan fingerprint density at radius 3 is 2.27 bits per heavy atom. The van der Waals surface area contributed by atoms with Crippen LogP contribution in [0.3, 0.4) is 0 Å². The molecule has 154 valence electrons. The van der Waals surface area contributed by atoms with Crippen molar-refractivity contribution in [2.45, 2.75) is 19.9 Å². The molecule has 3 rings (SSSR count). The Labute approximate surface area is 175 Å². The highest BCUT2D eigenvalue weighted by Gasteiger charge is 2.03. The molecule has 0 fully saturated rings. The van der Waals surface area contributed by atoms with Crippen LogP contribution >= 0.6 is 0 Å². The van der Waals surface area contributed by atoms with Crippen molar-refractivity contribution in [2.24, 2.45) is 5.73 Å². The molecule has 0 aliphatic rings. The molecule has 0 radical (unpaired) electrons. The third-order valence-corrected chi connectivity index (χ3v) is 4.36. The van der Waals surface area contributed by atoms with Gasteiger partial charge in [0.2, 0.25) is 17.7 Å². The number of hydrogen-bond donors (Lipinski definition) is 3. The van der Waals surface area contributed by atoms with Crippen LogP contribution in [0.25, 0.3) is 0 Å². The Morgan fingerprint density at radius 1 is 0.967 bits per heavy atom. The normalized spacial score (nSPS) is 10.4. The van der Waals surface area contributed by atoms with E-state index >= 15 is 0 Å². The van der Waals surface area contributed by atoms with E-state index in [4.69, 9.17) is 10.5 Å². The zero-order valence-electron chi connectivity index (χ0n) is 16.7. The van der Waals surface area contributed by atoms with Crippen molar-refractivity contribution in [1.82, 2.24) is 10.3 Å². The molecule has 1 heterocycles. The molecule has 0 unspecified atom stereocenters. The first-order valence-corrected chi connectivity index (χ1v) is 9.59. The van der Waals surface area contributed by atoms with E-state index in [2.05, 4.69) is 15.6 Å². The second-order valence-electron chi connectivity index (χ2n) is 6.80. The summed E-state index contributed by atoms with van der Waals surface area (Å²) in [6.07, 6.45) is 2.28. The number of hydrogen-bond acceptors (Lipinski definition) is 5. The average Bonchev–Trinajstić information content (AvgIpc) is 2.73. The topological polar surface area (TPSA) is 106 Å². The number of nitrogens with zero attached hydrogens (tertiary/aromatic N) is 1. The van der Waals surface area contributed by atoms with E-state index in [1.807, 2.05) is 48.5 Å². The molecule has 3 aromatic rings. The molecule has 7 nitrogen and oxygen atoms in total. The average molecular weight is 404 g/mol. The lowest BCUT2D eigenvalue weighted by Gasteiger charge is -2.08. The first kappa shape index (κ1) is 21.0. The molecule has 0 aliphatic carbocycles. The lowest BCUT2D eigenvalue weighted by Crippen LogP contribution is -2.16. The van der Waals surface area contributed by atoms with E-state index in [1.54, 1.807) is 12.1 Å². The van der Waals surface area contributed by atoms with Crippen LogP contribution in [0.5, 0.6) is 11.6 Å². The van der Waals surface area contributed by atoms with Gasteiger partial charge in [0.25, 0.3) is 0 Å². The summed E-state index contributed by atoms with van der Waals surface area (Å²) in [5.41, 5.74) is 8.68. The monoisotopic (exact) mass is 404 g/mol. The van der Waals surface area contributed by atoms with Gasteiger partial charge in [0.15, 0.2) is 0 Å². The number of primary amides is 1. The van der Waals surface area contributed by atoms with Crippen molar-refractivity contribution < 1.29 is 14.3 Å². The number of nitrogens with two attached hydrogens (primary N) is 1. The van der Waals surface area contributed by atoms with Crippen molar-refractivity contribution >= 4 is 17.5 Å². The summed E-state index contributed by atoms with van der Waals surface area (Å²) in [6.45, 7) is 3.09. The largest absolute Gasteiger partial charge is 0.439 e. The molecule has 0 atom stereocenters. The summed E-state index contributed by atoms with van der Waals surface area (Å²) in [5.74, 6) is 0.479. The van der Waals surface area contributed by atoms with Gasteiger partial charge in [0, 0.05) is 31.4 Å². The van der Waals surface area contributed by atoms with Gasteiger partial charge in [-0.25, -0.2) is 4.98 Å². The molecule has 0 saturated carbocycles. The number of pyridine rings is 1. The third kappa shape index (κ3) is 6.42. The molecule has 0 saturated heterocycles. The Hall–Kier alpha value is -3.71. The first-order chi connectivity index (χ1) is 14.5. The summed E-state index contributed by atoms with van der Waals surface area (Å²) >= 11 is 0. The van der Waals surface area contributed by atoms with Gasteiger partial charge < -0.3 is 21.1 Å². The molecule has 1 aromatic heterocycles. The summed E-state index contributed by atoms with van der Waals surface area (Å²) in [5, 5.41) is 6.17. The zero-order valence-corrected chi connectivity index (χ0v) is 16.7. The maximum Gasteiger partial charge on any atom is 0.250 e. The minimum absolute atomic E-state index is 0.0745. The van der Waals surface area contributed by atoms with Crippen molar-refractivity contribution in [3.05, 3.63) is 83.6 Å². The Bertz CT molecular complexity index is 984. The van der Waals surface area contributed by atoms with Gasteiger partial charge in [-0.15, -0.1) is 0 Å². The van der Waals surface area contributed by atoms with E-state index in [1.165, 1.54) is 18.7 Å². The SMILES string of the molecule is CC(=O)Nc1ccc(CNCCc2ccc(Oc3ccc(C(N)=O)cn3)cc2)cc1. The van der Waals surface area contributed by atoms with E-state index in [-0.39, 0.29) is 5.91 Å². The minimum Gasteiger partial charge on any atom is -0.439 e. The predicted octanol–water partition coefficient (Wildman–Crippen LogP) is 3.26. The van der Waals surface area contributed by atoms with Crippen LogP contribution in [0.2, 0.25) is 0 Å². The van der Waals surface area contributed by atoms with Gasteiger partial charge in [-0.1, -0.05) is 24.3 Å². The maximum absolute atomic E-state index is 11.1. The molecule has 30 heavy (non-hydrogen) atoms. The number of amides is 2. The van der Waals surface area contributed by atoms with Crippen LogP contribution in [-0.2, 0) is 17.8 Å². The van der Waals surface area contributed by atoms with Crippen LogP contribution < -0.4 is 21.1 Å². The van der Waals surface area contributed by atoms with E-state index in [9.17, 15) is 9.59 Å². The number of rotatable bonds is 9. The fourth-order valence-electron chi connectivity index (χ4n) is 2.81. The molecule has 7 heteroatoms. The lowest BCUT2D eigenvalue weighted by molar-refractivity contribution is -0.114. The quantitative estimate of drug-likeness (QED) is 0.475. The van der Waals surface area contributed by atoms with Crippen molar-refractivity contribution in [3.8, 4) is 11.6 Å². The van der Waals surface area contributed by atoms with Gasteiger partial charge in [0.1, 0.15) is 5.75 Å². The van der Waals surface area contributed by atoms with Crippen molar-refractivity contribution in [2.75, 3.05) is 11.9 Å². The Kier molecular flexibility index (Phi) is 7.13. The van der Waals surface area contributed by atoms with Gasteiger partial charge in [0.05, 0.1) is 5.56 Å². The Morgan fingerprint density at radius 2 is 1.67 bits per heavy atom. The highest BCUT2D eigenvalue weighted by Crippen LogP contribution is 2.20. The van der Waals surface area contributed by atoms with Gasteiger partial charge in [-0.3, -0.25) is 9.59 Å². The minimum atomic E-state index is -0.519. The fraction of sp³-hybridized carbons (Fsp3) is 0.174. The molecule has 2 amide bonds. The number of benzene rings is 2. The molecular formula is C23H24N4O3. The van der Waals surface area contributed by atoms with Gasteiger partial charge >= 0.3 is 0 Å². The summed E-state index contributed by atoms with van der Waals surface area (Å²) in [7, 11) is 0. The van der Waals surface area contributed by atoms with E-state index < -0.39 is 5.91 Å². The number of aromatic nitrogens is 1. The number of carbonyl (C=O) groups excluding carboxylic acids is 2. The third-order valence-electron chi connectivity index (χ3n) is 4.36. The maximum atomic E-state index is 11.1. The number of carbonyl (C=O) groups is 2. The highest BCUT2D eigenvalue weighted by atomic mass is 16.5. The highest BCUT2D eigenvalue weighted by molar-refractivity contribution is 5.92. The van der Waals surface area contributed by atoms with Crippen LogP contribution in [-0.4, -0.2) is 23.3 Å². The van der Waals surface area contributed by atoms with Crippen LogP contribution in [0.15, 0.2) is 66.9 Å². The first-order valence-electron chi connectivity index (χ1n) is 9.59. The molecule has 0 aliphatic heterocycles. The summed E-state index contributed by atoms with van der Waals surface area (Å²) < 4.78 is 5.68. The predicted molar refractivity (Wildman–Crippen MR) is 115 cm³/mol. The number of anilines is 1. The Balaban J connectivity index is 1.42.